The van der Waals surface area contributed by atoms with Gasteiger partial charge in [0, 0.05) is 11.3 Å². The zero-order chi connectivity index (χ0) is 12.5. The van der Waals surface area contributed by atoms with Crippen molar-refractivity contribution in [3.63, 3.8) is 0 Å². The van der Waals surface area contributed by atoms with Crippen LogP contribution in [0, 0.1) is 0 Å². The van der Waals surface area contributed by atoms with Gasteiger partial charge in [-0.1, -0.05) is 32.3 Å². The number of thioether (sulfide) groups is 1. The molecule has 5 heteroatoms. The van der Waals surface area contributed by atoms with Crippen LogP contribution in [0.5, 0.6) is 0 Å². The van der Waals surface area contributed by atoms with Gasteiger partial charge in [0.05, 0.1) is 11.2 Å². The molecule has 0 radical (unpaired) electrons. The van der Waals surface area contributed by atoms with Crippen LogP contribution in [-0.2, 0) is 11.2 Å². The molecule has 17 heavy (non-hydrogen) atoms. The van der Waals surface area contributed by atoms with E-state index in [0.29, 0.717) is 6.54 Å². The first kappa shape index (κ1) is 12.9. The highest BCUT2D eigenvalue weighted by molar-refractivity contribution is 7.99. The molecule has 0 amide bonds. The highest BCUT2D eigenvalue weighted by atomic mass is 32.2. The molecule has 1 aliphatic rings. The molecular formula is C12H21N3OS. The molecule has 1 aliphatic carbocycles. The van der Waals surface area contributed by atoms with E-state index in [0.717, 1.165) is 30.3 Å². The van der Waals surface area contributed by atoms with Crippen LogP contribution in [-0.4, -0.2) is 21.4 Å². The summed E-state index contributed by atoms with van der Waals surface area (Å²) in [6.07, 6.45) is 3.38. The van der Waals surface area contributed by atoms with Crippen molar-refractivity contribution < 1.29 is 4.52 Å². The monoisotopic (exact) mass is 255 g/mol. The summed E-state index contributed by atoms with van der Waals surface area (Å²) in [6, 6.07) is 0. The Balaban J connectivity index is 2.01. The normalized spacial score (nSPS) is 19.1. The zero-order valence-corrected chi connectivity index (χ0v) is 11.6. The Morgan fingerprint density at radius 3 is 2.59 bits per heavy atom. The van der Waals surface area contributed by atoms with Gasteiger partial charge < -0.3 is 10.3 Å². The molecule has 0 spiro atoms. The highest BCUT2D eigenvalue weighted by Gasteiger charge is 2.42. The third-order valence-electron chi connectivity index (χ3n) is 3.26. The van der Waals surface area contributed by atoms with Gasteiger partial charge in [-0.05, 0) is 12.8 Å². The number of nitrogens with two attached hydrogens (primary N) is 1. The van der Waals surface area contributed by atoms with E-state index in [1.54, 1.807) is 0 Å². The van der Waals surface area contributed by atoms with Gasteiger partial charge in [0.1, 0.15) is 0 Å². The van der Waals surface area contributed by atoms with Crippen molar-refractivity contribution in [2.24, 2.45) is 5.73 Å². The van der Waals surface area contributed by atoms with Crippen molar-refractivity contribution in [1.29, 1.82) is 0 Å². The highest BCUT2D eigenvalue weighted by Crippen LogP contribution is 2.42. The second kappa shape index (κ2) is 4.61. The molecule has 1 fully saturated rings. The fraction of sp³-hybridized carbons (Fsp3) is 0.833. The van der Waals surface area contributed by atoms with Crippen molar-refractivity contribution >= 4 is 11.8 Å². The minimum Gasteiger partial charge on any atom is -0.339 e. The van der Waals surface area contributed by atoms with Crippen LogP contribution >= 0.6 is 11.8 Å². The molecular weight excluding hydrogens is 234 g/mol. The van der Waals surface area contributed by atoms with Crippen molar-refractivity contribution in [2.45, 2.75) is 55.9 Å². The van der Waals surface area contributed by atoms with Gasteiger partial charge >= 0.3 is 0 Å². The summed E-state index contributed by atoms with van der Waals surface area (Å²) in [5, 5.41) is 4.05. The second-order valence-electron chi connectivity index (χ2n) is 5.75. The topological polar surface area (TPSA) is 64.9 Å². The van der Waals surface area contributed by atoms with E-state index >= 15 is 0 Å². The Labute approximate surface area is 107 Å². The van der Waals surface area contributed by atoms with Crippen LogP contribution in [0.25, 0.3) is 0 Å². The first-order chi connectivity index (χ1) is 7.95. The minimum atomic E-state index is -0.0162. The van der Waals surface area contributed by atoms with Crippen LogP contribution in [0.4, 0.5) is 0 Å². The molecule has 0 aliphatic heterocycles. The van der Waals surface area contributed by atoms with Crippen molar-refractivity contribution in [1.82, 2.24) is 10.1 Å². The summed E-state index contributed by atoms with van der Waals surface area (Å²) in [4.78, 5) is 4.50. The van der Waals surface area contributed by atoms with Crippen LogP contribution in [0.3, 0.4) is 0 Å². The summed E-state index contributed by atoms with van der Waals surface area (Å²) in [6.45, 7) is 7.17. The molecule has 2 rings (SSSR count). The van der Waals surface area contributed by atoms with Crippen LogP contribution in [0.15, 0.2) is 4.52 Å². The van der Waals surface area contributed by atoms with Crippen LogP contribution in [0.1, 0.15) is 51.7 Å². The smallest absolute Gasteiger partial charge is 0.234 e. The minimum absolute atomic E-state index is 0.0162. The lowest BCUT2D eigenvalue weighted by Crippen LogP contribution is -2.41. The van der Waals surface area contributed by atoms with Crippen molar-refractivity contribution in [3.05, 3.63) is 11.7 Å². The maximum Gasteiger partial charge on any atom is 0.234 e. The Bertz CT molecular complexity index is 374. The largest absolute Gasteiger partial charge is 0.339 e. The van der Waals surface area contributed by atoms with Gasteiger partial charge in [-0.2, -0.15) is 4.98 Å². The van der Waals surface area contributed by atoms with E-state index in [1.165, 1.54) is 6.42 Å². The number of hydrogen-bond donors (Lipinski definition) is 1. The Morgan fingerprint density at radius 2 is 2.12 bits per heavy atom. The summed E-state index contributed by atoms with van der Waals surface area (Å²) in [5.41, 5.74) is 5.80. The predicted octanol–water partition coefficient (Wildman–Crippen LogP) is 2.48. The molecule has 0 bridgehead atoms. The van der Waals surface area contributed by atoms with Crippen LogP contribution < -0.4 is 5.73 Å². The average molecular weight is 255 g/mol. The molecule has 2 N–H and O–H groups in total. The lowest BCUT2D eigenvalue weighted by atomic mass is 9.69. The zero-order valence-electron chi connectivity index (χ0n) is 10.8. The van der Waals surface area contributed by atoms with E-state index < -0.39 is 0 Å². The standard InChI is InChI=1S/C12H21N3OS/c1-11(2,3)17-7-9-14-10(16-15-9)12(8-13)5-4-6-12/h4-8,13H2,1-3H3. The van der Waals surface area contributed by atoms with Crippen molar-refractivity contribution in [3.8, 4) is 0 Å². The lowest BCUT2D eigenvalue weighted by molar-refractivity contribution is 0.181. The maximum absolute atomic E-state index is 5.82. The number of aromatic nitrogens is 2. The predicted molar refractivity (Wildman–Crippen MR) is 69.9 cm³/mol. The molecule has 0 atom stereocenters. The maximum atomic E-state index is 5.82. The number of hydrogen-bond acceptors (Lipinski definition) is 5. The van der Waals surface area contributed by atoms with E-state index in [9.17, 15) is 0 Å². The molecule has 1 aromatic rings. The van der Waals surface area contributed by atoms with E-state index in [1.807, 2.05) is 11.8 Å². The van der Waals surface area contributed by atoms with Gasteiger partial charge in [0.15, 0.2) is 5.82 Å². The summed E-state index contributed by atoms with van der Waals surface area (Å²) >= 11 is 1.83. The molecule has 0 unspecified atom stereocenters. The fourth-order valence-electron chi connectivity index (χ4n) is 1.92. The third kappa shape index (κ3) is 2.83. The van der Waals surface area contributed by atoms with E-state index in [-0.39, 0.29) is 10.2 Å². The SMILES string of the molecule is CC(C)(C)SCc1noc(C2(CN)CCC2)n1. The van der Waals surface area contributed by atoms with Gasteiger partial charge in [-0.25, -0.2) is 0 Å². The quantitative estimate of drug-likeness (QED) is 0.895. The van der Waals surface area contributed by atoms with Crippen molar-refractivity contribution in [2.75, 3.05) is 6.54 Å². The average Bonchev–Trinajstić information content (AvgIpc) is 2.62. The Hall–Kier alpha value is -0.550. The van der Waals surface area contributed by atoms with E-state index in [2.05, 4.69) is 30.9 Å². The first-order valence-electron chi connectivity index (χ1n) is 6.12. The molecule has 1 aromatic heterocycles. The molecule has 96 valence electrons. The first-order valence-corrected chi connectivity index (χ1v) is 7.11. The third-order valence-corrected chi connectivity index (χ3v) is 4.53. The summed E-state index contributed by atoms with van der Waals surface area (Å²) < 4.78 is 5.60. The molecule has 0 aromatic carbocycles. The van der Waals surface area contributed by atoms with Crippen LogP contribution in [0.2, 0.25) is 0 Å². The Morgan fingerprint density at radius 1 is 1.41 bits per heavy atom. The van der Waals surface area contributed by atoms with Gasteiger partial charge in [0.2, 0.25) is 5.89 Å². The summed E-state index contributed by atoms with van der Waals surface area (Å²) in [5.74, 6) is 2.34. The van der Waals surface area contributed by atoms with Gasteiger partial charge in [0.25, 0.3) is 0 Å². The Kier molecular flexibility index (Phi) is 3.50. The summed E-state index contributed by atoms with van der Waals surface area (Å²) in [7, 11) is 0. The molecule has 1 saturated carbocycles. The van der Waals surface area contributed by atoms with E-state index in [4.69, 9.17) is 10.3 Å². The molecule has 1 heterocycles. The van der Waals surface area contributed by atoms with Gasteiger partial charge in [-0.15, -0.1) is 11.8 Å². The number of nitrogens with zero attached hydrogens (tertiary/aromatic N) is 2. The fourth-order valence-corrected chi connectivity index (χ4v) is 2.60. The molecule has 0 saturated heterocycles. The second-order valence-corrected chi connectivity index (χ2v) is 7.56. The lowest BCUT2D eigenvalue weighted by Gasteiger charge is -2.36. The van der Waals surface area contributed by atoms with Gasteiger partial charge in [-0.3, -0.25) is 0 Å². The number of rotatable bonds is 4. The molecule has 4 nitrogen and oxygen atoms in total.